The minimum absolute atomic E-state index is 0.00101. The van der Waals surface area contributed by atoms with E-state index in [2.05, 4.69) is 11.9 Å². The van der Waals surface area contributed by atoms with Crippen molar-refractivity contribution in [2.24, 2.45) is 0 Å². The Labute approximate surface area is 148 Å². The van der Waals surface area contributed by atoms with Crippen LogP contribution in [0.25, 0.3) is 10.2 Å². The van der Waals surface area contributed by atoms with Crippen molar-refractivity contribution in [3.05, 3.63) is 57.5 Å². The number of Topliss-reactive ketones (excluding diaryl/α,β-unsaturated/α-hetero) is 1. The summed E-state index contributed by atoms with van der Waals surface area (Å²) in [6.45, 7) is 2.11. The van der Waals surface area contributed by atoms with Gasteiger partial charge in [0.2, 0.25) is 0 Å². The highest BCUT2D eigenvalue weighted by Crippen LogP contribution is 2.21. The first-order valence-corrected chi connectivity index (χ1v) is 9.77. The van der Waals surface area contributed by atoms with E-state index in [4.69, 9.17) is 0 Å². The zero-order chi connectivity index (χ0) is 17.1. The number of aromatic nitrogens is 2. The van der Waals surface area contributed by atoms with Crippen molar-refractivity contribution in [1.82, 2.24) is 9.55 Å². The van der Waals surface area contributed by atoms with E-state index in [1.807, 2.05) is 36.6 Å². The average Bonchev–Trinajstić information content (AvgIpc) is 3.02. The molecule has 0 amide bonds. The number of carbonyl (C=O) groups excluding carboxylic acids is 1. The van der Waals surface area contributed by atoms with Gasteiger partial charge in [0.15, 0.2) is 5.78 Å². The molecule has 4 nitrogen and oxygen atoms in total. The molecule has 0 fully saturated rings. The Morgan fingerprint density at radius 3 is 2.71 bits per heavy atom. The van der Waals surface area contributed by atoms with Gasteiger partial charge in [0.25, 0.3) is 5.56 Å². The molecule has 0 saturated heterocycles. The molecule has 0 N–H and O–H groups in total. The summed E-state index contributed by atoms with van der Waals surface area (Å²) in [7, 11) is 0. The molecule has 0 aliphatic carbocycles. The minimum atomic E-state index is -0.137. The maximum absolute atomic E-state index is 12.5. The average molecular weight is 358 g/mol. The molecule has 0 atom stereocenters. The Bertz CT molecular complexity index is 926. The van der Waals surface area contributed by atoms with Crippen molar-refractivity contribution in [2.45, 2.75) is 31.2 Å². The smallest absolute Gasteiger partial charge is 0.262 e. The van der Waals surface area contributed by atoms with Crippen molar-refractivity contribution in [1.29, 1.82) is 0 Å². The number of ketones is 1. The summed E-state index contributed by atoms with van der Waals surface area (Å²) < 4.78 is 1.41. The lowest BCUT2D eigenvalue weighted by Crippen LogP contribution is -2.25. The Kier molecular flexibility index (Phi) is 5.16. The Morgan fingerprint density at radius 2 is 2.04 bits per heavy atom. The van der Waals surface area contributed by atoms with Gasteiger partial charge in [0.05, 0.1) is 18.3 Å². The second-order valence-electron chi connectivity index (χ2n) is 5.53. The van der Waals surface area contributed by atoms with Crippen LogP contribution in [-0.4, -0.2) is 21.6 Å². The van der Waals surface area contributed by atoms with Gasteiger partial charge in [-0.2, -0.15) is 0 Å². The lowest BCUT2D eigenvalue weighted by molar-refractivity contribution is -0.119. The normalized spacial score (nSPS) is 11.1. The third kappa shape index (κ3) is 3.60. The van der Waals surface area contributed by atoms with Gasteiger partial charge in [0, 0.05) is 16.2 Å². The predicted molar refractivity (Wildman–Crippen MR) is 100 cm³/mol. The second-order valence-corrected chi connectivity index (χ2v) is 7.52. The molecule has 124 valence electrons. The van der Waals surface area contributed by atoms with E-state index in [-0.39, 0.29) is 17.9 Å². The van der Waals surface area contributed by atoms with Crippen LogP contribution in [-0.2, 0) is 24.2 Å². The summed E-state index contributed by atoms with van der Waals surface area (Å²) in [4.78, 5) is 32.2. The summed E-state index contributed by atoms with van der Waals surface area (Å²) in [5.74, 6) is 0.00101. The van der Waals surface area contributed by atoms with Crippen LogP contribution in [0.4, 0.5) is 0 Å². The summed E-state index contributed by atoms with van der Waals surface area (Å²) in [5.41, 5.74) is 0.825. The number of fused-ring (bicyclic) bond motifs is 1. The van der Waals surface area contributed by atoms with Gasteiger partial charge in [-0.25, -0.2) is 4.98 Å². The van der Waals surface area contributed by atoms with Crippen LogP contribution in [0.3, 0.4) is 0 Å². The zero-order valence-corrected chi connectivity index (χ0v) is 15.2. The molecule has 2 aromatic heterocycles. The number of hydrogen-bond donors (Lipinski definition) is 0. The van der Waals surface area contributed by atoms with Crippen molar-refractivity contribution in [3.63, 3.8) is 0 Å². The van der Waals surface area contributed by atoms with E-state index in [0.717, 1.165) is 21.7 Å². The van der Waals surface area contributed by atoms with Crippen LogP contribution in [0.2, 0.25) is 0 Å². The van der Waals surface area contributed by atoms with Crippen molar-refractivity contribution in [2.75, 3.05) is 6.26 Å². The first-order valence-electron chi connectivity index (χ1n) is 7.73. The summed E-state index contributed by atoms with van der Waals surface area (Å²) in [5, 5.41) is 0.608. The van der Waals surface area contributed by atoms with Crippen LogP contribution in [0.1, 0.15) is 17.4 Å². The number of rotatable bonds is 6. The largest absolute Gasteiger partial charge is 0.297 e. The van der Waals surface area contributed by atoms with Gasteiger partial charge in [-0.05, 0) is 36.4 Å². The number of thioether (sulfide) groups is 1. The molecule has 0 unspecified atom stereocenters. The van der Waals surface area contributed by atoms with Gasteiger partial charge >= 0.3 is 0 Å². The number of hydrogen-bond acceptors (Lipinski definition) is 5. The van der Waals surface area contributed by atoms with Gasteiger partial charge in [0.1, 0.15) is 4.83 Å². The molecule has 0 bridgehead atoms. The molecule has 0 aliphatic rings. The van der Waals surface area contributed by atoms with Crippen LogP contribution in [0.15, 0.2) is 46.3 Å². The van der Waals surface area contributed by atoms with Crippen LogP contribution >= 0.6 is 23.1 Å². The Hall–Kier alpha value is -1.92. The van der Waals surface area contributed by atoms with E-state index in [0.29, 0.717) is 11.8 Å². The van der Waals surface area contributed by atoms with Crippen LogP contribution in [0.5, 0.6) is 0 Å². The number of nitrogens with zero attached hydrogens (tertiary/aromatic N) is 2. The third-order valence-electron chi connectivity index (χ3n) is 3.82. The minimum Gasteiger partial charge on any atom is -0.297 e. The second kappa shape index (κ2) is 7.32. The highest BCUT2D eigenvalue weighted by atomic mass is 32.2. The van der Waals surface area contributed by atoms with Gasteiger partial charge in [-0.15, -0.1) is 23.1 Å². The van der Waals surface area contributed by atoms with E-state index in [1.165, 1.54) is 27.1 Å². The maximum Gasteiger partial charge on any atom is 0.262 e. The van der Waals surface area contributed by atoms with Gasteiger partial charge in [-0.1, -0.05) is 19.1 Å². The predicted octanol–water partition coefficient (Wildman–Crippen LogP) is 3.55. The lowest BCUT2D eigenvalue weighted by atomic mass is 10.1. The highest BCUT2D eigenvalue weighted by molar-refractivity contribution is 7.98. The summed E-state index contributed by atoms with van der Waals surface area (Å²) in [6, 6.07) is 9.81. The van der Waals surface area contributed by atoms with Crippen molar-refractivity contribution in [3.8, 4) is 0 Å². The number of aryl methyl sites for hydroxylation is 1. The van der Waals surface area contributed by atoms with E-state index in [9.17, 15) is 9.59 Å². The first-order chi connectivity index (χ1) is 11.6. The fourth-order valence-corrected chi connectivity index (χ4v) is 3.85. The van der Waals surface area contributed by atoms with Gasteiger partial charge < -0.3 is 0 Å². The molecular formula is C18H18N2O2S2. The third-order valence-corrected chi connectivity index (χ3v) is 5.76. The van der Waals surface area contributed by atoms with E-state index < -0.39 is 0 Å². The SMILES string of the molecule is CCc1cc2c(=O)n(CC(=O)Cc3ccc(SC)cc3)cnc2s1. The standard InChI is InChI=1S/C18H18N2O2S2/c1-3-14-9-16-17(24-14)19-11-20(18(16)22)10-13(21)8-12-4-6-15(23-2)7-5-12/h4-7,9,11H,3,8,10H2,1-2H3. The van der Waals surface area contributed by atoms with Crippen LogP contribution in [0, 0.1) is 0 Å². The molecule has 3 aromatic rings. The molecule has 24 heavy (non-hydrogen) atoms. The zero-order valence-electron chi connectivity index (χ0n) is 13.6. The monoisotopic (exact) mass is 358 g/mol. The molecule has 0 aliphatic heterocycles. The van der Waals surface area contributed by atoms with E-state index in [1.54, 1.807) is 11.8 Å². The molecule has 0 spiro atoms. The van der Waals surface area contributed by atoms with Crippen molar-refractivity contribution < 1.29 is 4.79 Å². The molecular weight excluding hydrogens is 340 g/mol. The molecule has 0 saturated carbocycles. The topological polar surface area (TPSA) is 52.0 Å². The fraction of sp³-hybridized carbons (Fsp3) is 0.278. The number of carbonyl (C=O) groups is 1. The lowest BCUT2D eigenvalue weighted by Gasteiger charge is -2.05. The highest BCUT2D eigenvalue weighted by Gasteiger charge is 2.11. The molecule has 3 rings (SSSR count). The summed E-state index contributed by atoms with van der Waals surface area (Å²) in [6.07, 6.45) is 4.70. The molecule has 1 aromatic carbocycles. The fourth-order valence-electron chi connectivity index (χ4n) is 2.51. The first kappa shape index (κ1) is 16.9. The maximum atomic E-state index is 12.5. The Balaban J connectivity index is 1.77. The molecule has 6 heteroatoms. The number of benzene rings is 1. The molecule has 2 heterocycles. The van der Waals surface area contributed by atoms with Crippen LogP contribution < -0.4 is 5.56 Å². The van der Waals surface area contributed by atoms with Gasteiger partial charge in [-0.3, -0.25) is 14.2 Å². The molecule has 0 radical (unpaired) electrons. The quantitative estimate of drug-likeness (QED) is 0.632. The van der Waals surface area contributed by atoms with Crippen molar-refractivity contribution >= 4 is 39.1 Å². The van der Waals surface area contributed by atoms with E-state index >= 15 is 0 Å². The number of thiophene rings is 1. The summed E-state index contributed by atoms with van der Waals surface area (Å²) >= 11 is 3.20. The Morgan fingerprint density at radius 1 is 1.29 bits per heavy atom.